The number of fused-ring (bicyclic) bond motifs is 20. The fourth-order valence-corrected chi connectivity index (χ4v) is 12.5. The van der Waals surface area contributed by atoms with Gasteiger partial charge in [-0.25, -0.2) is 29.9 Å². The molecule has 2 aliphatic heterocycles. The summed E-state index contributed by atoms with van der Waals surface area (Å²) in [6, 6.07) is 79.1. The van der Waals surface area contributed by atoms with Gasteiger partial charge in [-0.3, -0.25) is 0 Å². The average Bonchev–Trinajstić information content (AvgIpc) is 1.59. The lowest BCUT2D eigenvalue weighted by molar-refractivity contribution is 0.474. The largest absolute Gasteiger partial charge is 0.507 e. The highest BCUT2D eigenvalue weighted by Crippen LogP contribution is 2.47. The minimum Gasteiger partial charge on any atom is -0.507 e. The molecule has 0 saturated carbocycles. The number of para-hydroxylation sites is 8. The van der Waals surface area contributed by atoms with E-state index in [1.807, 2.05) is 170 Å². The fourth-order valence-electron chi connectivity index (χ4n) is 12.5. The molecule has 0 atom stereocenters. The lowest BCUT2D eigenvalue weighted by Gasteiger charge is -2.12. The lowest BCUT2D eigenvalue weighted by atomic mass is 10.1. The molecule has 112 heavy (non-hydrogen) atoms. The molecule has 5 heterocycles. The third-order valence-corrected chi connectivity index (χ3v) is 17.9. The number of aromatic hydroxyl groups is 4. The number of nitrogens with one attached hydrogen (secondary N) is 2. The number of hydrogen-bond donors (Lipinski definition) is 6. The molecule has 0 amide bonds. The van der Waals surface area contributed by atoms with Crippen LogP contribution >= 0.6 is 0 Å². The first-order valence-corrected chi connectivity index (χ1v) is 35.0. The van der Waals surface area contributed by atoms with Crippen LogP contribution in [0.5, 0.6) is 69.0 Å². The van der Waals surface area contributed by atoms with Gasteiger partial charge in [0, 0.05) is 66.4 Å². The number of benzene rings is 12. The molecule has 0 fully saturated rings. The van der Waals surface area contributed by atoms with Crippen molar-refractivity contribution in [1.82, 2.24) is 39.9 Å². The highest BCUT2D eigenvalue weighted by Gasteiger charge is 2.29. The van der Waals surface area contributed by atoms with Crippen LogP contribution in [0.1, 0.15) is 44.5 Å². The van der Waals surface area contributed by atoms with Gasteiger partial charge < -0.3 is 49.3 Å². The van der Waals surface area contributed by atoms with E-state index in [4.69, 9.17) is 48.9 Å². The van der Waals surface area contributed by atoms with Crippen LogP contribution in [0, 0.1) is 0 Å². The predicted molar refractivity (Wildman–Crippen MR) is 435 cm³/mol. The molecule has 0 saturated heterocycles. The van der Waals surface area contributed by atoms with E-state index < -0.39 is 0 Å². The van der Waals surface area contributed by atoms with E-state index in [1.54, 1.807) is 122 Å². The van der Waals surface area contributed by atoms with Crippen LogP contribution < -0.4 is 18.9 Å². The number of hydrogen-bond acceptors (Lipinski definition) is 22. The summed E-state index contributed by atoms with van der Waals surface area (Å²) < 4.78 is 28.0. The maximum absolute atomic E-state index is 10.4. The summed E-state index contributed by atoms with van der Waals surface area (Å²) in [5, 5.41) is 78.3. The molecule has 0 unspecified atom stereocenters. The van der Waals surface area contributed by atoms with Gasteiger partial charge in [0.2, 0.25) is 0 Å². The van der Waals surface area contributed by atoms with Crippen LogP contribution in [0.3, 0.4) is 0 Å². The van der Waals surface area contributed by atoms with Gasteiger partial charge >= 0.3 is 0 Å². The highest BCUT2D eigenvalue weighted by atomic mass is 16.5. The van der Waals surface area contributed by atoms with Crippen molar-refractivity contribution in [1.29, 1.82) is 0 Å². The fraction of sp³-hybridized carbons (Fsp3) is 0. The smallest absolute Gasteiger partial charge is 0.168 e. The monoisotopic (exact) mass is 1470 g/mol. The standard InChI is InChI=1S/C88H58N16O8/c105-65-33-9-1-21-53(65)45-89-93-49-57-25-5-13-37-69(57)109-73-41-17-29-61-77(73)85-99-81(61)97-82-63-31-19-43-75(111-71-39-15-7-27-59(71)51-95-91-47-55-23-3-11-35-67(55)107)79(63)87(101-82)104-88-80-64(32-20-44-76(80)112-72-40-16-8-28-60(72)52-96-92-48-56-24-4-12-36-68(56)108)84(102-88)98-83-62-30-18-42-74(78(62)86(100-83)103-85)110-70-38-14-6-26-58(70)50-94-90-46-54-22-2-10-34-66(54)106/h1-52,105-108H,(H2,97,98,99,100,101,102,103,104)/b89-45-,90-46+,91-47+,92-48+,93-49-,94-50-,95-51-,96-52-. The SMILES string of the molecule is Oc1ccccc1/C=N\N=C/c1ccccc1Oc1cccc2c1-c1nc-2nc2[nH]c(nc3nc(nc4[nH]c(n1)c1c(Oc5ccccc5/C=N\N=C\c5ccccc5O)cccc41)-c1cccc(Oc4ccccc4/C=N\N=C\c4ccccc4O)c1-3)c1c(Oc3ccccc3/C=N\N=C\c3ccccc3O)cccc21. The van der Waals surface area contributed by atoms with E-state index >= 15 is 0 Å². The Kier molecular flexibility index (Phi) is 19.1. The highest BCUT2D eigenvalue weighted by molar-refractivity contribution is 6.10. The molecular weight excluding hydrogens is 1410 g/mol. The zero-order valence-corrected chi connectivity index (χ0v) is 58.7. The summed E-state index contributed by atoms with van der Waals surface area (Å²) in [6.07, 6.45) is 12.1. The maximum atomic E-state index is 10.4. The summed E-state index contributed by atoms with van der Waals surface area (Å²) in [4.78, 5) is 39.7. The second kappa shape index (κ2) is 31.1. The van der Waals surface area contributed by atoms with E-state index in [0.717, 1.165) is 0 Å². The molecule has 3 aromatic heterocycles. The summed E-state index contributed by atoms with van der Waals surface area (Å²) >= 11 is 0. The van der Waals surface area contributed by atoms with Crippen LogP contribution in [0.25, 0.3) is 89.7 Å². The van der Waals surface area contributed by atoms with Crippen LogP contribution in [0.2, 0.25) is 0 Å². The maximum Gasteiger partial charge on any atom is 0.168 e. The van der Waals surface area contributed by atoms with Gasteiger partial charge in [0.1, 0.15) is 91.6 Å². The van der Waals surface area contributed by atoms with E-state index in [2.05, 4.69) is 50.8 Å². The summed E-state index contributed by atoms with van der Waals surface area (Å²) in [7, 11) is 0. The van der Waals surface area contributed by atoms with Gasteiger partial charge in [0.05, 0.1) is 71.6 Å². The number of rotatable bonds is 20. The Morgan fingerprint density at radius 3 is 0.777 bits per heavy atom. The zero-order chi connectivity index (χ0) is 75.7. The minimum absolute atomic E-state index is 0.0620. The van der Waals surface area contributed by atoms with Crippen molar-refractivity contribution in [2.24, 2.45) is 40.8 Å². The third kappa shape index (κ3) is 14.5. The van der Waals surface area contributed by atoms with Crippen molar-refractivity contribution in [3.8, 4) is 115 Å². The molecule has 0 spiro atoms. The molecule has 24 nitrogen and oxygen atoms in total. The molecule has 6 N–H and O–H groups in total. The lowest BCUT2D eigenvalue weighted by Crippen LogP contribution is -1.94. The summed E-state index contributed by atoms with van der Waals surface area (Å²) in [5.41, 5.74) is 7.55. The van der Waals surface area contributed by atoms with Gasteiger partial charge in [-0.15, -0.1) is 0 Å². The molecule has 538 valence electrons. The van der Waals surface area contributed by atoms with Gasteiger partial charge in [-0.05, 0) is 121 Å². The Hall–Kier alpha value is -16.2. The molecular formula is C88H58N16O8. The second-order valence-electron chi connectivity index (χ2n) is 25.1. The molecule has 17 rings (SSSR count). The first-order chi connectivity index (χ1) is 55.2. The number of phenols is 4. The Morgan fingerprint density at radius 2 is 0.464 bits per heavy atom. The average molecular weight is 1470 g/mol. The molecule has 15 aromatic rings. The number of phenolic OH excluding ortho intramolecular Hbond substituents is 4. The van der Waals surface area contributed by atoms with Crippen molar-refractivity contribution in [2.45, 2.75) is 0 Å². The molecule has 0 aliphatic carbocycles. The number of aromatic amines is 2. The van der Waals surface area contributed by atoms with E-state index in [-0.39, 0.29) is 57.6 Å². The van der Waals surface area contributed by atoms with Gasteiger partial charge in [0.25, 0.3) is 0 Å². The van der Waals surface area contributed by atoms with Gasteiger partial charge in [-0.1, -0.05) is 146 Å². The Bertz CT molecular complexity index is 6250. The van der Waals surface area contributed by atoms with Crippen molar-refractivity contribution in [2.75, 3.05) is 0 Å². The number of nitrogens with zero attached hydrogens (tertiary/aromatic N) is 14. The first kappa shape index (κ1) is 68.8. The third-order valence-electron chi connectivity index (χ3n) is 17.9. The van der Waals surface area contributed by atoms with E-state index in [1.165, 1.54) is 24.9 Å². The Labute approximate surface area is 636 Å². The molecule has 8 bridgehead atoms. The molecule has 0 radical (unpaired) electrons. The van der Waals surface area contributed by atoms with Crippen LogP contribution in [-0.2, 0) is 0 Å². The number of H-pyrrole nitrogens is 2. The Morgan fingerprint density at radius 1 is 0.223 bits per heavy atom. The van der Waals surface area contributed by atoms with Crippen molar-refractivity contribution in [3.63, 3.8) is 0 Å². The molecule has 24 heteroatoms. The van der Waals surface area contributed by atoms with Crippen LogP contribution in [-0.4, -0.2) is 110 Å². The quantitative estimate of drug-likeness (QED) is 0.0305. The van der Waals surface area contributed by atoms with Crippen molar-refractivity contribution in [3.05, 3.63) is 311 Å². The summed E-state index contributed by atoms with van der Waals surface area (Å²) in [5.74, 6) is 4.25. The number of aromatic nitrogens is 8. The van der Waals surface area contributed by atoms with Crippen LogP contribution in [0.4, 0.5) is 0 Å². The Balaban J connectivity index is 0.872. The van der Waals surface area contributed by atoms with Crippen LogP contribution in [0.15, 0.2) is 308 Å². The van der Waals surface area contributed by atoms with Gasteiger partial charge in [-0.2, -0.15) is 40.8 Å². The molecule has 2 aliphatic rings. The topological polar surface area (TPSA) is 326 Å². The number of ether oxygens (including phenoxy) is 4. The summed E-state index contributed by atoms with van der Waals surface area (Å²) in [6.45, 7) is 0. The van der Waals surface area contributed by atoms with Crippen molar-refractivity contribution >= 4 is 93.9 Å². The molecule has 12 aromatic carbocycles. The zero-order valence-electron chi connectivity index (χ0n) is 58.7. The van der Waals surface area contributed by atoms with Crippen molar-refractivity contribution < 1.29 is 39.4 Å². The van der Waals surface area contributed by atoms with E-state index in [0.29, 0.717) is 146 Å². The second-order valence-corrected chi connectivity index (χ2v) is 25.1. The minimum atomic E-state index is 0.0620. The van der Waals surface area contributed by atoms with Gasteiger partial charge in [0.15, 0.2) is 23.3 Å². The normalized spacial score (nSPS) is 12.1. The van der Waals surface area contributed by atoms with E-state index in [9.17, 15) is 20.4 Å². The first-order valence-electron chi connectivity index (χ1n) is 35.0. The predicted octanol–water partition coefficient (Wildman–Crippen LogP) is 18.7.